The molecule has 0 amide bonds. The van der Waals surface area contributed by atoms with Crippen molar-refractivity contribution < 1.29 is 14.1 Å². The van der Waals surface area contributed by atoms with Gasteiger partial charge in [0.2, 0.25) is 17.8 Å². The maximum atomic E-state index is 11.0. The molecule has 13 heteroatoms. The van der Waals surface area contributed by atoms with E-state index in [4.69, 9.17) is 9.15 Å². The highest BCUT2D eigenvalue weighted by atomic mass is 35.5. The first-order valence-electron chi connectivity index (χ1n) is 10.0. The Bertz CT molecular complexity index is 1330. The van der Waals surface area contributed by atoms with E-state index in [9.17, 15) is 10.1 Å². The van der Waals surface area contributed by atoms with Crippen molar-refractivity contribution in [1.29, 1.82) is 0 Å². The van der Waals surface area contributed by atoms with Gasteiger partial charge in [-0.3, -0.25) is 10.1 Å². The SMILES string of the molecule is CNc1nc(N/N=C\c2ccc(-c3ccc([N+](=O)[O-])cc3OC)o2)nc(Nc2ccccc2)n1.Cl. The van der Waals surface area contributed by atoms with Crippen LogP contribution in [0.5, 0.6) is 5.75 Å². The Labute approximate surface area is 206 Å². The molecular weight excluding hydrogens is 476 g/mol. The molecule has 0 bridgehead atoms. The zero-order valence-electron chi connectivity index (χ0n) is 18.6. The van der Waals surface area contributed by atoms with E-state index in [1.54, 1.807) is 25.2 Å². The largest absolute Gasteiger partial charge is 0.496 e. The number of benzene rings is 2. The minimum Gasteiger partial charge on any atom is -0.496 e. The summed E-state index contributed by atoms with van der Waals surface area (Å²) in [6.07, 6.45) is 1.45. The van der Waals surface area contributed by atoms with Gasteiger partial charge in [-0.25, -0.2) is 5.43 Å². The van der Waals surface area contributed by atoms with Gasteiger partial charge in [0, 0.05) is 18.8 Å². The monoisotopic (exact) mass is 496 g/mol. The van der Waals surface area contributed by atoms with Crippen molar-refractivity contribution in [2.75, 3.05) is 30.2 Å². The molecule has 180 valence electrons. The highest BCUT2D eigenvalue weighted by Gasteiger charge is 2.15. The van der Waals surface area contributed by atoms with Gasteiger partial charge >= 0.3 is 0 Å². The van der Waals surface area contributed by atoms with E-state index in [1.165, 1.54) is 25.5 Å². The standard InChI is InChI=1S/C22H20N8O4.ClH/c1-23-20-26-21(25-14-6-4-3-5-7-14)28-22(27-20)29-24-13-16-9-11-18(34-16)17-10-8-15(30(31)32)12-19(17)33-2;/h3-13H,1-2H3,(H3,23,25,26,27,28,29);1H/b24-13-;. The fourth-order valence-electron chi connectivity index (χ4n) is 2.96. The van der Waals surface area contributed by atoms with E-state index in [2.05, 4.69) is 36.1 Å². The smallest absolute Gasteiger partial charge is 0.273 e. The molecule has 12 nitrogen and oxygen atoms in total. The zero-order chi connectivity index (χ0) is 23.9. The van der Waals surface area contributed by atoms with Gasteiger partial charge in [0.25, 0.3) is 5.69 Å². The van der Waals surface area contributed by atoms with E-state index in [0.29, 0.717) is 34.7 Å². The molecule has 0 atom stereocenters. The van der Waals surface area contributed by atoms with Crippen LogP contribution in [0.4, 0.5) is 29.2 Å². The van der Waals surface area contributed by atoms with E-state index in [-0.39, 0.29) is 24.0 Å². The van der Waals surface area contributed by atoms with Crippen LogP contribution < -0.4 is 20.8 Å². The van der Waals surface area contributed by atoms with Gasteiger partial charge in [-0.15, -0.1) is 12.4 Å². The highest BCUT2D eigenvalue weighted by Crippen LogP contribution is 2.34. The summed E-state index contributed by atoms with van der Waals surface area (Å²) >= 11 is 0. The molecule has 4 rings (SSSR count). The van der Waals surface area contributed by atoms with Crippen LogP contribution in [0.15, 0.2) is 70.2 Å². The van der Waals surface area contributed by atoms with Gasteiger partial charge < -0.3 is 19.8 Å². The molecule has 0 aliphatic carbocycles. The molecular formula is C22H21ClN8O4. The summed E-state index contributed by atoms with van der Waals surface area (Å²) in [5.74, 6) is 2.16. The number of halogens is 1. The molecule has 0 aliphatic rings. The molecule has 2 aromatic heterocycles. The zero-order valence-corrected chi connectivity index (χ0v) is 19.4. The lowest BCUT2D eigenvalue weighted by molar-refractivity contribution is -0.384. The van der Waals surface area contributed by atoms with Gasteiger partial charge in [0.15, 0.2) is 0 Å². The molecule has 0 aliphatic heterocycles. The number of hydrazone groups is 1. The second kappa shape index (κ2) is 11.4. The second-order valence-electron chi connectivity index (χ2n) is 6.76. The third-order valence-corrected chi connectivity index (χ3v) is 4.53. The number of nitro groups is 1. The maximum absolute atomic E-state index is 11.0. The minimum absolute atomic E-state index is 0. The number of non-ortho nitro benzene ring substituents is 1. The second-order valence-corrected chi connectivity index (χ2v) is 6.76. The topological polar surface area (TPSA) is 153 Å². The molecule has 3 N–H and O–H groups in total. The van der Waals surface area contributed by atoms with Gasteiger partial charge in [-0.1, -0.05) is 18.2 Å². The normalized spacial score (nSPS) is 10.5. The van der Waals surface area contributed by atoms with Gasteiger partial charge in [-0.05, 0) is 30.3 Å². The summed E-state index contributed by atoms with van der Waals surface area (Å²) in [7, 11) is 3.14. The van der Waals surface area contributed by atoms with E-state index in [1.807, 2.05) is 30.3 Å². The van der Waals surface area contributed by atoms with Crippen LogP contribution in [0.1, 0.15) is 5.76 Å². The first-order chi connectivity index (χ1) is 16.6. The summed E-state index contributed by atoms with van der Waals surface area (Å²) in [5, 5.41) is 21.1. The number of aromatic nitrogens is 3. The van der Waals surface area contributed by atoms with E-state index in [0.717, 1.165) is 5.69 Å². The fraction of sp³-hybridized carbons (Fsp3) is 0.0909. The van der Waals surface area contributed by atoms with Gasteiger partial charge in [-0.2, -0.15) is 20.1 Å². The number of para-hydroxylation sites is 1. The molecule has 0 spiro atoms. The summed E-state index contributed by atoms with van der Waals surface area (Å²) in [6, 6.07) is 17.2. The van der Waals surface area contributed by atoms with Crippen LogP contribution in [0.2, 0.25) is 0 Å². The Morgan fingerprint density at radius 1 is 1.03 bits per heavy atom. The molecule has 0 saturated carbocycles. The molecule has 2 aromatic carbocycles. The van der Waals surface area contributed by atoms with E-state index < -0.39 is 4.92 Å². The Morgan fingerprint density at radius 2 is 1.77 bits per heavy atom. The summed E-state index contributed by atoms with van der Waals surface area (Å²) < 4.78 is 11.1. The molecule has 0 radical (unpaired) electrons. The molecule has 0 unspecified atom stereocenters. The third-order valence-electron chi connectivity index (χ3n) is 4.53. The Balaban J connectivity index is 0.00000342. The number of hydrogen-bond acceptors (Lipinski definition) is 11. The average Bonchev–Trinajstić information content (AvgIpc) is 3.32. The maximum Gasteiger partial charge on any atom is 0.273 e. The molecule has 35 heavy (non-hydrogen) atoms. The number of rotatable bonds is 9. The van der Waals surface area contributed by atoms with Gasteiger partial charge in [0.05, 0.1) is 29.9 Å². The van der Waals surface area contributed by atoms with Crippen LogP contribution in [-0.2, 0) is 0 Å². The van der Waals surface area contributed by atoms with Crippen LogP contribution in [0.3, 0.4) is 0 Å². The lowest BCUT2D eigenvalue weighted by Gasteiger charge is -2.08. The minimum atomic E-state index is -0.486. The number of nitrogens with one attached hydrogen (secondary N) is 3. The number of ether oxygens (including phenoxy) is 1. The van der Waals surface area contributed by atoms with Crippen molar-refractivity contribution in [3.63, 3.8) is 0 Å². The number of hydrogen-bond donors (Lipinski definition) is 3. The first-order valence-corrected chi connectivity index (χ1v) is 10.0. The van der Waals surface area contributed by atoms with Crippen LogP contribution in [0, 0.1) is 10.1 Å². The van der Waals surface area contributed by atoms with Crippen LogP contribution >= 0.6 is 12.4 Å². The molecule has 2 heterocycles. The van der Waals surface area contributed by atoms with Crippen molar-refractivity contribution in [2.24, 2.45) is 5.10 Å². The predicted octanol–water partition coefficient (Wildman–Crippen LogP) is 4.70. The summed E-state index contributed by atoms with van der Waals surface area (Å²) in [6.45, 7) is 0. The number of methoxy groups -OCH3 is 1. The number of nitrogens with zero attached hydrogens (tertiary/aromatic N) is 5. The van der Waals surface area contributed by atoms with Crippen molar-refractivity contribution in [1.82, 2.24) is 15.0 Å². The lowest BCUT2D eigenvalue weighted by Crippen LogP contribution is -2.07. The van der Waals surface area contributed by atoms with Crippen LogP contribution in [-0.4, -0.2) is 40.2 Å². The van der Waals surface area contributed by atoms with Crippen molar-refractivity contribution in [3.8, 4) is 17.1 Å². The Kier molecular flexibility index (Phi) is 8.14. The third kappa shape index (κ3) is 6.21. The number of furan rings is 1. The first kappa shape index (κ1) is 24.9. The average molecular weight is 497 g/mol. The molecule has 0 saturated heterocycles. The van der Waals surface area contributed by atoms with Crippen molar-refractivity contribution in [2.45, 2.75) is 0 Å². The predicted molar refractivity (Wildman–Crippen MR) is 135 cm³/mol. The summed E-state index contributed by atoms with van der Waals surface area (Å²) in [5.41, 5.74) is 4.09. The fourth-order valence-corrected chi connectivity index (χ4v) is 2.96. The quantitative estimate of drug-likeness (QED) is 0.169. The van der Waals surface area contributed by atoms with E-state index >= 15 is 0 Å². The highest BCUT2D eigenvalue weighted by molar-refractivity contribution is 5.85. The molecule has 4 aromatic rings. The number of nitro benzene ring substituents is 1. The van der Waals surface area contributed by atoms with Crippen LogP contribution in [0.25, 0.3) is 11.3 Å². The lowest BCUT2D eigenvalue weighted by atomic mass is 10.1. The van der Waals surface area contributed by atoms with Gasteiger partial charge in [0.1, 0.15) is 17.3 Å². The number of anilines is 4. The molecule has 0 fully saturated rings. The summed E-state index contributed by atoms with van der Waals surface area (Å²) in [4.78, 5) is 23.3. The van der Waals surface area contributed by atoms with Crippen molar-refractivity contribution >= 4 is 47.8 Å². The Hall–Kier alpha value is -4.71. The Morgan fingerprint density at radius 3 is 2.49 bits per heavy atom. The van der Waals surface area contributed by atoms with Crippen molar-refractivity contribution in [3.05, 3.63) is 76.5 Å².